The molecule has 1 rings (SSSR count). The molecule has 1 unspecified atom stereocenters. The highest BCUT2D eigenvalue weighted by Crippen LogP contribution is 2.13. The average Bonchev–Trinajstić information content (AvgIpc) is 2.29. The maximum atomic E-state index is 11.4. The van der Waals surface area contributed by atoms with Gasteiger partial charge in [-0.3, -0.25) is 4.79 Å². The fraction of sp³-hybridized carbons (Fsp3) is 0.462. The Morgan fingerprint density at radius 1 is 1.38 bits per heavy atom. The molecule has 0 fully saturated rings. The minimum Gasteiger partial charge on any atom is -0.350 e. The van der Waals surface area contributed by atoms with Crippen LogP contribution in [0.15, 0.2) is 24.3 Å². The van der Waals surface area contributed by atoms with Crippen molar-refractivity contribution in [2.75, 3.05) is 5.33 Å². The second-order valence-corrected chi connectivity index (χ2v) is 4.62. The van der Waals surface area contributed by atoms with Gasteiger partial charge in [0.2, 0.25) is 5.91 Å². The van der Waals surface area contributed by atoms with Crippen LogP contribution in [0.1, 0.15) is 37.4 Å². The Morgan fingerprint density at radius 3 is 2.50 bits per heavy atom. The summed E-state index contributed by atoms with van der Waals surface area (Å²) in [5.41, 5.74) is 2.47. The number of carbonyl (C=O) groups is 1. The average molecular weight is 284 g/mol. The molecule has 1 aromatic carbocycles. The van der Waals surface area contributed by atoms with E-state index in [1.165, 1.54) is 5.56 Å². The van der Waals surface area contributed by atoms with Gasteiger partial charge in [-0.2, -0.15) is 0 Å². The first kappa shape index (κ1) is 13.2. The van der Waals surface area contributed by atoms with Gasteiger partial charge < -0.3 is 5.32 Å². The Balaban J connectivity index is 2.58. The first-order valence-corrected chi connectivity index (χ1v) is 6.73. The third kappa shape index (κ3) is 3.97. The Kier molecular flexibility index (Phi) is 5.53. The van der Waals surface area contributed by atoms with Crippen LogP contribution in [-0.2, 0) is 11.2 Å². The number of benzene rings is 1. The van der Waals surface area contributed by atoms with E-state index in [0.29, 0.717) is 11.8 Å². The van der Waals surface area contributed by atoms with Gasteiger partial charge in [0, 0.05) is 11.8 Å². The number of carbonyl (C=O) groups excluding carboxylic acids is 1. The molecule has 0 heterocycles. The molecule has 0 bridgehead atoms. The predicted octanol–water partition coefficient (Wildman–Crippen LogP) is 3.21. The largest absolute Gasteiger partial charge is 0.350 e. The first-order valence-electron chi connectivity index (χ1n) is 5.61. The number of alkyl halides is 1. The van der Waals surface area contributed by atoms with Crippen molar-refractivity contribution in [1.29, 1.82) is 0 Å². The van der Waals surface area contributed by atoms with Gasteiger partial charge in [0.1, 0.15) is 0 Å². The van der Waals surface area contributed by atoms with E-state index in [9.17, 15) is 4.79 Å². The monoisotopic (exact) mass is 283 g/mol. The van der Waals surface area contributed by atoms with Crippen LogP contribution in [0, 0.1) is 0 Å². The number of aryl methyl sites for hydroxylation is 1. The number of rotatable bonds is 5. The number of hydrogen-bond acceptors (Lipinski definition) is 1. The smallest absolute Gasteiger partial charge is 0.221 e. The highest BCUT2D eigenvalue weighted by atomic mass is 79.9. The maximum Gasteiger partial charge on any atom is 0.221 e. The fourth-order valence-corrected chi connectivity index (χ4v) is 1.88. The molecule has 0 saturated carbocycles. The molecule has 0 aromatic heterocycles. The van der Waals surface area contributed by atoms with Crippen LogP contribution in [-0.4, -0.2) is 11.2 Å². The first-order chi connectivity index (χ1) is 7.67. The Hall–Kier alpha value is -0.830. The Labute approximate surface area is 106 Å². The minimum atomic E-state index is 0.0810. The Morgan fingerprint density at radius 2 is 2.00 bits per heavy atom. The molecule has 1 N–H and O–H groups in total. The topological polar surface area (TPSA) is 29.1 Å². The minimum absolute atomic E-state index is 0.0810. The zero-order valence-corrected chi connectivity index (χ0v) is 11.4. The molecule has 0 radical (unpaired) electrons. The van der Waals surface area contributed by atoms with E-state index in [1.54, 1.807) is 0 Å². The van der Waals surface area contributed by atoms with Crippen molar-refractivity contribution < 1.29 is 4.79 Å². The van der Waals surface area contributed by atoms with Crippen molar-refractivity contribution in [3.8, 4) is 0 Å². The second kappa shape index (κ2) is 6.69. The summed E-state index contributed by atoms with van der Waals surface area (Å²) in [5.74, 6) is 0.0870. The lowest BCUT2D eigenvalue weighted by atomic mass is 10.0. The van der Waals surface area contributed by atoms with Gasteiger partial charge in [0.15, 0.2) is 0 Å². The third-order valence-corrected chi connectivity index (χ3v) is 2.98. The third-order valence-electron chi connectivity index (χ3n) is 2.59. The zero-order chi connectivity index (χ0) is 12.0. The van der Waals surface area contributed by atoms with Crippen LogP contribution in [0.3, 0.4) is 0 Å². The van der Waals surface area contributed by atoms with Crippen molar-refractivity contribution >= 4 is 21.8 Å². The van der Waals surface area contributed by atoms with Gasteiger partial charge in [0.25, 0.3) is 0 Å². The van der Waals surface area contributed by atoms with Crippen LogP contribution in [0.5, 0.6) is 0 Å². The lowest BCUT2D eigenvalue weighted by molar-refractivity contribution is -0.121. The summed E-state index contributed by atoms with van der Waals surface area (Å²) in [4.78, 5) is 11.4. The zero-order valence-electron chi connectivity index (χ0n) is 9.79. The summed E-state index contributed by atoms with van der Waals surface area (Å²) in [7, 11) is 0. The predicted molar refractivity (Wildman–Crippen MR) is 70.8 cm³/mol. The van der Waals surface area contributed by atoms with E-state index in [2.05, 4.69) is 52.4 Å². The quantitative estimate of drug-likeness (QED) is 0.826. The van der Waals surface area contributed by atoms with Crippen LogP contribution < -0.4 is 5.32 Å². The fourth-order valence-electron chi connectivity index (χ4n) is 1.52. The van der Waals surface area contributed by atoms with E-state index in [4.69, 9.17) is 0 Å². The lowest BCUT2D eigenvalue weighted by Gasteiger charge is -2.14. The number of amides is 1. The lowest BCUT2D eigenvalue weighted by Crippen LogP contribution is -2.26. The molecular formula is C13H18BrNO. The van der Waals surface area contributed by atoms with Crippen molar-refractivity contribution in [1.82, 2.24) is 5.32 Å². The molecule has 0 spiro atoms. The van der Waals surface area contributed by atoms with E-state index in [0.717, 1.165) is 12.0 Å². The summed E-state index contributed by atoms with van der Waals surface area (Å²) in [6.45, 7) is 4.14. The normalized spacial score (nSPS) is 12.2. The van der Waals surface area contributed by atoms with Gasteiger partial charge >= 0.3 is 0 Å². The van der Waals surface area contributed by atoms with E-state index in [-0.39, 0.29) is 11.9 Å². The summed E-state index contributed by atoms with van der Waals surface area (Å²) >= 11 is 3.25. The van der Waals surface area contributed by atoms with Crippen LogP contribution in [0.4, 0.5) is 0 Å². The summed E-state index contributed by atoms with van der Waals surface area (Å²) < 4.78 is 0. The molecule has 2 nitrogen and oxygen atoms in total. The molecule has 1 amide bonds. The van der Waals surface area contributed by atoms with Crippen LogP contribution >= 0.6 is 15.9 Å². The van der Waals surface area contributed by atoms with Crippen LogP contribution in [0.2, 0.25) is 0 Å². The van der Waals surface area contributed by atoms with E-state index >= 15 is 0 Å². The highest BCUT2D eigenvalue weighted by molar-refractivity contribution is 9.09. The van der Waals surface area contributed by atoms with Gasteiger partial charge in [-0.1, -0.05) is 47.1 Å². The number of hydrogen-bond donors (Lipinski definition) is 1. The van der Waals surface area contributed by atoms with Gasteiger partial charge in [-0.05, 0) is 24.5 Å². The summed E-state index contributed by atoms with van der Waals surface area (Å²) in [5, 5.41) is 3.67. The molecule has 1 atom stereocenters. The standard InChI is InChI=1S/C13H18BrNO/c1-3-11-4-6-12(7-5-11)10(2)15-13(16)8-9-14/h4-7,10H,3,8-9H2,1-2H3,(H,15,16). The SMILES string of the molecule is CCc1ccc(C(C)NC(=O)CCBr)cc1. The second-order valence-electron chi connectivity index (χ2n) is 3.82. The molecule has 1 aromatic rings. The van der Waals surface area contributed by atoms with Crippen molar-refractivity contribution in [3.63, 3.8) is 0 Å². The van der Waals surface area contributed by atoms with Crippen molar-refractivity contribution in [3.05, 3.63) is 35.4 Å². The molecular weight excluding hydrogens is 266 g/mol. The van der Waals surface area contributed by atoms with Gasteiger partial charge in [-0.25, -0.2) is 0 Å². The molecule has 88 valence electrons. The van der Waals surface area contributed by atoms with E-state index < -0.39 is 0 Å². The molecule has 0 aliphatic rings. The molecule has 16 heavy (non-hydrogen) atoms. The summed E-state index contributed by atoms with van der Waals surface area (Å²) in [6, 6.07) is 8.47. The van der Waals surface area contributed by atoms with Gasteiger partial charge in [-0.15, -0.1) is 0 Å². The molecule has 0 saturated heterocycles. The number of halogens is 1. The van der Waals surface area contributed by atoms with Crippen molar-refractivity contribution in [2.45, 2.75) is 32.7 Å². The van der Waals surface area contributed by atoms with E-state index in [1.807, 2.05) is 6.92 Å². The van der Waals surface area contributed by atoms with Gasteiger partial charge in [0.05, 0.1) is 6.04 Å². The highest BCUT2D eigenvalue weighted by Gasteiger charge is 2.08. The number of nitrogens with one attached hydrogen (secondary N) is 1. The molecule has 0 aliphatic carbocycles. The Bertz CT molecular complexity index is 334. The maximum absolute atomic E-state index is 11.4. The van der Waals surface area contributed by atoms with Crippen LogP contribution in [0.25, 0.3) is 0 Å². The molecule has 0 aliphatic heterocycles. The summed E-state index contributed by atoms with van der Waals surface area (Å²) in [6.07, 6.45) is 1.57. The molecule has 3 heteroatoms. The van der Waals surface area contributed by atoms with Crippen molar-refractivity contribution in [2.24, 2.45) is 0 Å².